The van der Waals surface area contributed by atoms with Crippen LogP contribution in [0.2, 0.25) is 5.02 Å². The number of halogens is 2. The number of amides is 1. The Hall–Kier alpha value is -1.50. The maximum atomic E-state index is 14.4. The van der Waals surface area contributed by atoms with Crippen LogP contribution in [0.25, 0.3) is 10.6 Å². The van der Waals surface area contributed by atoms with Crippen LogP contribution < -0.4 is 0 Å². The number of hydrogen-bond acceptors (Lipinski definition) is 4. The fourth-order valence-corrected chi connectivity index (χ4v) is 5.64. The zero-order chi connectivity index (χ0) is 19.8. The Morgan fingerprint density at radius 1 is 1.18 bits per heavy atom. The van der Waals surface area contributed by atoms with Crippen molar-refractivity contribution in [1.82, 2.24) is 14.8 Å². The first-order valence-corrected chi connectivity index (χ1v) is 11.1. The van der Waals surface area contributed by atoms with E-state index in [0.717, 1.165) is 31.7 Å². The summed E-state index contributed by atoms with van der Waals surface area (Å²) >= 11 is 7.56. The van der Waals surface area contributed by atoms with E-state index in [1.54, 1.807) is 6.07 Å². The van der Waals surface area contributed by atoms with E-state index in [-0.39, 0.29) is 5.91 Å². The van der Waals surface area contributed by atoms with E-state index in [0.29, 0.717) is 32.2 Å². The largest absolute Gasteiger partial charge is 0.335 e. The van der Waals surface area contributed by atoms with Crippen molar-refractivity contribution in [2.45, 2.75) is 45.6 Å². The molecule has 1 aromatic carbocycles. The van der Waals surface area contributed by atoms with E-state index in [9.17, 15) is 9.18 Å². The van der Waals surface area contributed by atoms with E-state index >= 15 is 0 Å². The van der Waals surface area contributed by atoms with Gasteiger partial charge in [-0.1, -0.05) is 30.5 Å². The summed E-state index contributed by atoms with van der Waals surface area (Å²) in [6.45, 7) is 6.98. The van der Waals surface area contributed by atoms with Gasteiger partial charge in [0, 0.05) is 32.2 Å². The maximum Gasteiger partial charge on any atom is 0.265 e. The first-order chi connectivity index (χ1) is 13.5. The molecule has 7 heteroatoms. The van der Waals surface area contributed by atoms with Gasteiger partial charge in [-0.15, -0.1) is 11.3 Å². The van der Waals surface area contributed by atoms with Gasteiger partial charge in [0.25, 0.3) is 5.91 Å². The number of aryl methyl sites for hydroxylation is 2. The standard InChI is InChI=1S/C21H25ClFN3OS/c1-13-7-8-16(23)17(18(13)22)20-24-14(2)19(28-20)21(27)26-11-9-25(10-12-26)15-5-3-4-6-15/h7-8,15H,3-6,9-12H2,1-2H3. The number of aromatic nitrogens is 1. The molecule has 0 atom stereocenters. The number of rotatable bonds is 3. The predicted molar refractivity (Wildman–Crippen MR) is 112 cm³/mol. The van der Waals surface area contributed by atoms with Crippen LogP contribution in [0, 0.1) is 19.7 Å². The lowest BCUT2D eigenvalue weighted by Crippen LogP contribution is -2.51. The summed E-state index contributed by atoms with van der Waals surface area (Å²) < 4.78 is 14.4. The Bertz CT molecular complexity index is 886. The van der Waals surface area contributed by atoms with Gasteiger partial charge in [-0.3, -0.25) is 9.69 Å². The molecule has 2 aliphatic rings. The molecule has 0 spiro atoms. The molecule has 2 fully saturated rings. The molecule has 0 radical (unpaired) electrons. The van der Waals surface area contributed by atoms with Gasteiger partial charge in [0.05, 0.1) is 16.3 Å². The summed E-state index contributed by atoms with van der Waals surface area (Å²) in [7, 11) is 0. The average molecular weight is 422 g/mol. The van der Waals surface area contributed by atoms with E-state index in [4.69, 9.17) is 11.6 Å². The van der Waals surface area contributed by atoms with E-state index < -0.39 is 5.82 Å². The Morgan fingerprint density at radius 3 is 2.54 bits per heavy atom. The normalized spacial score (nSPS) is 18.8. The van der Waals surface area contributed by atoms with Crippen LogP contribution >= 0.6 is 22.9 Å². The third-order valence-electron chi connectivity index (χ3n) is 5.93. The van der Waals surface area contributed by atoms with Crippen molar-refractivity contribution in [2.24, 2.45) is 0 Å². The molecule has 0 bridgehead atoms. The molecular weight excluding hydrogens is 397 g/mol. The van der Waals surface area contributed by atoms with Crippen molar-refractivity contribution in [1.29, 1.82) is 0 Å². The zero-order valence-electron chi connectivity index (χ0n) is 16.3. The van der Waals surface area contributed by atoms with Crippen molar-refractivity contribution in [3.05, 3.63) is 39.1 Å². The third kappa shape index (κ3) is 3.70. The van der Waals surface area contributed by atoms with E-state index in [2.05, 4.69) is 9.88 Å². The van der Waals surface area contributed by atoms with Crippen LogP contribution in [-0.4, -0.2) is 52.9 Å². The summed E-state index contributed by atoms with van der Waals surface area (Å²) in [6.07, 6.45) is 5.22. The smallest absolute Gasteiger partial charge is 0.265 e. The quantitative estimate of drug-likeness (QED) is 0.705. The number of nitrogens with zero attached hydrogens (tertiary/aromatic N) is 3. The lowest BCUT2D eigenvalue weighted by Gasteiger charge is -2.37. The van der Waals surface area contributed by atoms with Crippen LogP contribution in [0.5, 0.6) is 0 Å². The van der Waals surface area contributed by atoms with Gasteiger partial charge in [0.1, 0.15) is 15.7 Å². The van der Waals surface area contributed by atoms with Gasteiger partial charge in [-0.2, -0.15) is 0 Å². The molecule has 0 N–H and O–H groups in total. The Balaban J connectivity index is 1.51. The highest BCUT2D eigenvalue weighted by Gasteiger charge is 2.30. The summed E-state index contributed by atoms with van der Waals surface area (Å²) in [4.78, 5) is 22.6. The monoisotopic (exact) mass is 421 g/mol. The molecule has 1 aromatic heterocycles. The topological polar surface area (TPSA) is 36.4 Å². The van der Waals surface area contributed by atoms with Crippen LogP contribution in [-0.2, 0) is 0 Å². The molecule has 2 heterocycles. The van der Waals surface area contributed by atoms with Gasteiger partial charge < -0.3 is 4.90 Å². The molecular formula is C21H25ClFN3OS. The fourth-order valence-electron chi connectivity index (χ4n) is 4.26. The second kappa shape index (κ2) is 8.09. The highest BCUT2D eigenvalue weighted by atomic mass is 35.5. The minimum absolute atomic E-state index is 0.00324. The molecule has 1 saturated heterocycles. The first kappa shape index (κ1) is 19.8. The molecule has 1 amide bonds. The van der Waals surface area contributed by atoms with Gasteiger partial charge >= 0.3 is 0 Å². The van der Waals surface area contributed by atoms with E-state index in [1.165, 1.54) is 43.1 Å². The second-order valence-electron chi connectivity index (χ2n) is 7.75. The molecule has 28 heavy (non-hydrogen) atoms. The molecule has 4 rings (SSSR count). The number of hydrogen-bond donors (Lipinski definition) is 0. The van der Waals surface area contributed by atoms with Crippen molar-refractivity contribution >= 4 is 28.8 Å². The van der Waals surface area contributed by atoms with Crippen molar-refractivity contribution < 1.29 is 9.18 Å². The van der Waals surface area contributed by atoms with Crippen LogP contribution in [0.3, 0.4) is 0 Å². The fraction of sp³-hybridized carbons (Fsp3) is 0.524. The lowest BCUT2D eigenvalue weighted by atomic mass is 10.1. The third-order valence-corrected chi connectivity index (χ3v) is 7.58. The van der Waals surface area contributed by atoms with Crippen LogP contribution in [0.15, 0.2) is 12.1 Å². The van der Waals surface area contributed by atoms with Crippen molar-refractivity contribution in [3.8, 4) is 10.6 Å². The summed E-state index contributed by atoms with van der Waals surface area (Å²) in [6, 6.07) is 3.74. The molecule has 4 nitrogen and oxygen atoms in total. The van der Waals surface area contributed by atoms with Gasteiger partial charge in [-0.25, -0.2) is 9.37 Å². The van der Waals surface area contributed by atoms with Gasteiger partial charge in [0.15, 0.2) is 0 Å². The zero-order valence-corrected chi connectivity index (χ0v) is 17.9. The summed E-state index contributed by atoms with van der Waals surface area (Å²) in [5, 5.41) is 0.828. The molecule has 1 aliphatic heterocycles. The van der Waals surface area contributed by atoms with Crippen LogP contribution in [0.4, 0.5) is 4.39 Å². The highest BCUT2D eigenvalue weighted by molar-refractivity contribution is 7.17. The summed E-state index contributed by atoms with van der Waals surface area (Å²) in [5.41, 5.74) is 1.72. The SMILES string of the molecule is Cc1ccc(F)c(-c2nc(C)c(C(=O)N3CCN(C4CCCC4)CC3)s2)c1Cl. The number of carbonyl (C=O) groups excluding carboxylic acids is 1. The molecule has 150 valence electrons. The highest BCUT2D eigenvalue weighted by Crippen LogP contribution is 2.37. The van der Waals surface area contributed by atoms with Crippen molar-refractivity contribution in [3.63, 3.8) is 0 Å². The molecule has 0 unspecified atom stereocenters. The Kier molecular flexibility index (Phi) is 5.72. The minimum Gasteiger partial charge on any atom is -0.335 e. The molecule has 1 aliphatic carbocycles. The maximum absolute atomic E-state index is 14.4. The van der Waals surface area contributed by atoms with E-state index in [1.807, 2.05) is 18.7 Å². The number of piperazine rings is 1. The predicted octanol–water partition coefficient (Wildman–Crippen LogP) is 4.92. The van der Waals surface area contributed by atoms with Gasteiger partial charge in [-0.05, 0) is 38.3 Å². The van der Waals surface area contributed by atoms with Crippen LogP contribution in [0.1, 0.15) is 46.6 Å². The second-order valence-corrected chi connectivity index (χ2v) is 9.13. The number of benzene rings is 1. The van der Waals surface area contributed by atoms with Gasteiger partial charge in [0.2, 0.25) is 0 Å². The number of thiazole rings is 1. The Labute approximate surface area is 174 Å². The Morgan fingerprint density at radius 2 is 1.86 bits per heavy atom. The number of carbonyl (C=O) groups is 1. The lowest BCUT2D eigenvalue weighted by molar-refractivity contribution is 0.0577. The average Bonchev–Trinajstić information content (AvgIpc) is 3.35. The first-order valence-electron chi connectivity index (χ1n) is 9.91. The summed E-state index contributed by atoms with van der Waals surface area (Å²) in [5.74, 6) is -0.412. The minimum atomic E-state index is -0.409. The van der Waals surface area contributed by atoms with Crippen molar-refractivity contribution in [2.75, 3.05) is 26.2 Å². The molecule has 1 saturated carbocycles. The molecule has 2 aromatic rings.